The number of carbonyl (C=O) groups is 2. The zero-order chi connectivity index (χ0) is 16.1. The van der Waals surface area contributed by atoms with E-state index in [2.05, 4.69) is 50.2 Å². The number of aryl methyl sites for hydroxylation is 1. The number of aliphatic carboxylic acids is 2. The predicted octanol–water partition coefficient (Wildman–Crippen LogP) is 2.81. The molecule has 1 aliphatic rings. The third-order valence-corrected chi connectivity index (χ3v) is 3.60. The van der Waals surface area contributed by atoms with Crippen molar-refractivity contribution in [1.29, 1.82) is 0 Å². The molecule has 114 valence electrons. The summed E-state index contributed by atoms with van der Waals surface area (Å²) in [7, 11) is 0. The minimum atomic E-state index is -1.82. The van der Waals surface area contributed by atoms with E-state index >= 15 is 0 Å². The first-order valence-corrected chi connectivity index (χ1v) is 7.20. The van der Waals surface area contributed by atoms with Crippen LogP contribution in [0.25, 0.3) is 11.6 Å². The fourth-order valence-electron chi connectivity index (χ4n) is 2.17. The smallest absolute Gasteiger partial charge is 0.414 e. The molecule has 0 amide bonds. The third kappa shape index (κ3) is 4.05. The van der Waals surface area contributed by atoms with Gasteiger partial charge in [0.2, 0.25) is 0 Å². The van der Waals surface area contributed by atoms with E-state index in [1.165, 1.54) is 16.7 Å². The lowest BCUT2D eigenvalue weighted by Crippen LogP contribution is -2.09. The van der Waals surface area contributed by atoms with Gasteiger partial charge in [0.25, 0.3) is 0 Å². The van der Waals surface area contributed by atoms with Gasteiger partial charge in [0.05, 0.1) is 18.2 Å². The largest absolute Gasteiger partial charge is 0.473 e. The van der Waals surface area contributed by atoms with Crippen LogP contribution in [0.4, 0.5) is 0 Å². The molecule has 0 bridgehead atoms. The highest BCUT2D eigenvalue weighted by Crippen LogP contribution is 2.34. The Bertz CT molecular complexity index is 711. The number of carboxylic acid groups (broad SMARTS) is 2. The van der Waals surface area contributed by atoms with Crippen molar-refractivity contribution in [2.75, 3.05) is 0 Å². The second-order valence-corrected chi connectivity index (χ2v) is 5.50. The molecule has 2 aromatic rings. The maximum atomic E-state index is 9.10. The van der Waals surface area contributed by atoms with Crippen molar-refractivity contribution < 1.29 is 19.8 Å². The number of fused-ring (bicyclic) bond motifs is 1. The number of nitrogens with one attached hydrogen (secondary N) is 1. The van der Waals surface area contributed by atoms with Gasteiger partial charge in [0, 0.05) is 4.47 Å². The molecule has 3 N–H and O–H groups in total. The molecule has 0 unspecified atom stereocenters. The van der Waals surface area contributed by atoms with Crippen LogP contribution in [-0.2, 0) is 16.0 Å². The summed E-state index contributed by atoms with van der Waals surface area (Å²) in [5, 5.41) is 14.8. The predicted molar refractivity (Wildman–Crippen MR) is 84.2 cm³/mol. The topological polar surface area (TPSA) is 103 Å². The Balaban J connectivity index is 0.000000254. The molecule has 1 aliphatic carbocycles. The van der Waals surface area contributed by atoms with Gasteiger partial charge in [0.15, 0.2) is 0 Å². The van der Waals surface area contributed by atoms with Gasteiger partial charge >= 0.3 is 11.9 Å². The van der Waals surface area contributed by atoms with Gasteiger partial charge in [-0.2, -0.15) is 0 Å². The summed E-state index contributed by atoms with van der Waals surface area (Å²) < 4.78 is 1.16. The summed E-state index contributed by atoms with van der Waals surface area (Å²) in [6.07, 6.45) is 8.00. The Kier molecular flexibility index (Phi) is 5.11. The second-order valence-electron chi connectivity index (χ2n) is 4.59. The number of rotatable bonds is 1. The maximum Gasteiger partial charge on any atom is 0.414 e. The molecule has 6 nitrogen and oxygen atoms in total. The van der Waals surface area contributed by atoms with Crippen LogP contribution in [-0.4, -0.2) is 32.1 Å². The molecule has 0 radical (unpaired) electrons. The first-order valence-electron chi connectivity index (χ1n) is 6.41. The maximum absolute atomic E-state index is 9.10. The number of allylic oxidation sites excluding steroid dienone is 1. The summed E-state index contributed by atoms with van der Waals surface area (Å²) in [4.78, 5) is 25.3. The highest BCUT2D eigenvalue weighted by Gasteiger charge is 2.16. The van der Waals surface area contributed by atoms with Crippen LogP contribution in [0.5, 0.6) is 0 Å². The molecular weight excluding hydrogens is 352 g/mol. The first kappa shape index (κ1) is 16.0. The van der Waals surface area contributed by atoms with Crippen molar-refractivity contribution in [1.82, 2.24) is 9.97 Å². The number of hydrogen-bond acceptors (Lipinski definition) is 3. The third-order valence-electron chi connectivity index (χ3n) is 3.11. The van der Waals surface area contributed by atoms with Gasteiger partial charge in [-0.15, -0.1) is 0 Å². The Morgan fingerprint density at radius 3 is 2.55 bits per heavy atom. The van der Waals surface area contributed by atoms with Crippen LogP contribution in [0.2, 0.25) is 0 Å². The lowest BCUT2D eigenvalue weighted by atomic mass is 10.1. The van der Waals surface area contributed by atoms with Gasteiger partial charge in [-0.3, -0.25) is 0 Å². The fourth-order valence-corrected chi connectivity index (χ4v) is 2.58. The quantitative estimate of drug-likeness (QED) is 0.675. The summed E-state index contributed by atoms with van der Waals surface area (Å²) in [5.74, 6) is -3.65. The van der Waals surface area contributed by atoms with Gasteiger partial charge in [-0.1, -0.05) is 22.0 Å². The number of imidazole rings is 1. The molecular formula is C15H13BrN2O4. The van der Waals surface area contributed by atoms with Crippen LogP contribution in [0, 0.1) is 0 Å². The van der Waals surface area contributed by atoms with Gasteiger partial charge in [0.1, 0.15) is 0 Å². The van der Waals surface area contributed by atoms with Gasteiger partial charge in [-0.05, 0) is 47.8 Å². The van der Waals surface area contributed by atoms with E-state index in [0.717, 1.165) is 23.0 Å². The standard InChI is InChI=1S/C13H11BrN2.C2H2O4/c14-11-3-4-13-9(5-11)1-2-10(13)6-12-7-15-8-16-12;3-1(4)2(5)6/h3-8H,1-2H2,(H,15,16);(H,3,4)(H,5,6)/b10-6-;. The van der Waals surface area contributed by atoms with E-state index < -0.39 is 11.9 Å². The highest BCUT2D eigenvalue weighted by atomic mass is 79.9. The Labute approximate surface area is 134 Å². The van der Waals surface area contributed by atoms with Crippen molar-refractivity contribution in [3.05, 3.63) is 52.0 Å². The summed E-state index contributed by atoms with van der Waals surface area (Å²) in [6, 6.07) is 6.50. The zero-order valence-corrected chi connectivity index (χ0v) is 13.0. The van der Waals surface area contributed by atoms with Crippen molar-refractivity contribution in [2.24, 2.45) is 0 Å². The van der Waals surface area contributed by atoms with Gasteiger partial charge < -0.3 is 15.2 Å². The zero-order valence-electron chi connectivity index (χ0n) is 11.4. The average molecular weight is 365 g/mol. The number of halogens is 1. The molecule has 1 aromatic heterocycles. The molecule has 1 heterocycles. The lowest BCUT2D eigenvalue weighted by Gasteiger charge is -2.00. The average Bonchev–Trinajstić information content (AvgIpc) is 3.10. The molecule has 7 heteroatoms. The normalized spacial score (nSPS) is 14.1. The van der Waals surface area contributed by atoms with Crippen LogP contribution in [0.1, 0.15) is 23.2 Å². The highest BCUT2D eigenvalue weighted by molar-refractivity contribution is 9.10. The minimum Gasteiger partial charge on any atom is -0.473 e. The van der Waals surface area contributed by atoms with E-state index in [0.29, 0.717) is 0 Å². The molecule has 3 rings (SSSR count). The van der Waals surface area contributed by atoms with Crippen LogP contribution < -0.4 is 0 Å². The molecule has 0 fully saturated rings. The van der Waals surface area contributed by atoms with Crippen molar-refractivity contribution in [3.8, 4) is 0 Å². The van der Waals surface area contributed by atoms with Crippen molar-refractivity contribution in [2.45, 2.75) is 12.8 Å². The van der Waals surface area contributed by atoms with E-state index in [9.17, 15) is 0 Å². The monoisotopic (exact) mass is 364 g/mol. The molecule has 0 spiro atoms. The number of aromatic nitrogens is 2. The van der Waals surface area contributed by atoms with Crippen molar-refractivity contribution >= 4 is 39.5 Å². The molecule has 22 heavy (non-hydrogen) atoms. The number of hydrogen-bond donors (Lipinski definition) is 3. The first-order chi connectivity index (χ1) is 10.5. The van der Waals surface area contributed by atoms with Crippen molar-refractivity contribution in [3.63, 3.8) is 0 Å². The van der Waals surface area contributed by atoms with E-state index in [-0.39, 0.29) is 0 Å². The Morgan fingerprint density at radius 1 is 1.23 bits per heavy atom. The fraction of sp³-hybridized carbons (Fsp3) is 0.133. The van der Waals surface area contributed by atoms with Crippen LogP contribution >= 0.6 is 15.9 Å². The molecule has 0 saturated carbocycles. The second kappa shape index (κ2) is 7.04. The number of aromatic amines is 1. The lowest BCUT2D eigenvalue weighted by molar-refractivity contribution is -0.159. The SMILES string of the molecule is Brc1ccc2c(c1)CC/C2=C/c1cnc[nH]1.O=C(O)C(=O)O. The molecule has 0 aliphatic heterocycles. The van der Waals surface area contributed by atoms with Crippen LogP contribution in [0.15, 0.2) is 35.2 Å². The summed E-state index contributed by atoms with van der Waals surface area (Å²) >= 11 is 3.51. The molecule has 0 saturated heterocycles. The Hall–Kier alpha value is -2.41. The molecule has 1 aromatic carbocycles. The van der Waals surface area contributed by atoms with Crippen LogP contribution in [0.3, 0.4) is 0 Å². The number of H-pyrrole nitrogens is 1. The number of benzene rings is 1. The van der Waals surface area contributed by atoms with E-state index in [4.69, 9.17) is 19.8 Å². The number of carboxylic acids is 2. The van der Waals surface area contributed by atoms with Gasteiger partial charge in [-0.25, -0.2) is 14.6 Å². The minimum absolute atomic E-state index is 1.07. The van der Waals surface area contributed by atoms with E-state index in [1.807, 2.05) is 6.20 Å². The molecule has 0 atom stereocenters. The number of nitrogens with zero attached hydrogens (tertiary/aromatic N) is 1. The summed E-state index contributed by atoms with van der Waals surface area (Å²) in [6.45, 7) is 0. The van der Waals surface area contributed by atoms with E-state index in [1.54, 1.807) is 6.33 Å². The Morgan fingerprint density at radius 2 is 1.95 bits per heavy atom. The summed E-state index contributed by atoms with van der Waals surface area (Å²) in [5.41, 5.74) is 5.27.